The van der Waals surface area contributed by atoms with Gasteiger partial charge in [-0.15, -0.1) is 11.3 Å². The number of thiophene rings is 1. The molecule has 0 spiro atoms. The smallest absolute Gasteiger partial charge is 0.0992 e. The molecule has 1 aliphatic rings. The van der Waals surface area contributed by atoms with Crippen LogP contribution in [0.1, 0.15) is 30.9 Å². The van der Waals surface area contributed by atoms with Crippen molar-refractivity contribution in [2.45, 2.75) is 25.3 Å². The maximum atomic E-state index is 6.14. The highest BCUT2D eigenvalue weighted by molar-refractivity contribution is 7.20. The Labute approximate surface area is 98.4 Å². The van der Waals surface area contributed by atoms with E-state index in [9.17, 15) is 0 Å². The highest BCUT2D eigenvalue weighted by Crippen LogP contribution is 2.43. The molecule has 0 radical (unpaired) electrons. The van der Waals surface area contributed by atoms with E-state index in [-0.39, 0.29) is 0 Å². The second-order valence-electron chi connectivity index (χ2n) is 3.74. The Morgan fingerprint density at radius 3 is 2.57 bits per heavy atom. The van der Waals surface area contributed by atoms with Gasteiger partial charge >= 0.3 is 0 Å². The summed E-state index contributed by atoms with van der Waals surface area (Å²) < 4.78 is 1.62. The van der Waals surface area contributed by atoms with Crippen molar-refractivity contribution in [3.05, 3.63) is 20.3 Å². The third kappa shape index (κ3) is 1.94. The van der Waals surface area contributed by atoms with Gasteiger partial charge in [-0.25, -0.2) is 0 Å². The van der Waals surface area contributed by atoms with Crippen LogP contribution in [0.15, 0.2) is 6.07 Å². The van der Waals surface area contributed by atoms with E-state index in [0.717, 1.165) is 14.6 Å². The van der Waals surface area contributed by atoms with E-state index in [0.29, 0.717) is 6.04 Å². The average Bonchev–Trinajstić information content (AvgIpc) is 2.37. The highest BCUT2D eigenvalue weighted by Gasteiger charge is 2.29. The van der Waals surface area contributed by atoms with Crippen LogP contribution in [0, 0.1) is 5.92 Å². The summed E-state index contributed by atoms with van der Waals surface area (Å²) in [6, 6.07) is 2.38. The molecule has 2 rings (SSSR count). The zero-order chi connectivity index (χ0) is 10.1. The van der Waals surface area contributed by atoms with Crippen molar-refractivity contribution in [2.24, 2.45) is 5.92 Å². The van der Waals surface area contributed by atoms with Crippen molar-refractivity contribution in [2.75, 3.05) is 7.05 Å². The summed E-state index contributed by atoms with van der Waals surface area (Å²) in [7, 11) is 1.99. The second kappa shape index (κ2) is 4.40. The zero-order valence-electron chi connectivity index (χ0n) is 8.02. The van der Waals surface area contributed by atoms with Gasteiger partial charge in [-0.1, -0.05) is 29.6 Å². The third-order valence-electron chi connectivity index (χ3n) is 2.95. The SMILES string of the molecule is CNC(c1cc(Cl)sc1Cl)C1CCC1. The lowest BCUT2D eigenvalue weighted by atomic mass is 9.78. The molecular weight excluding hydrogens is 237 g/mol. The minimum atomic E-state index is 0.389. The topological polar surface area (TPSA) is 12.0 Å². The molecule has 0 amide bonds. The van der Waals surface area contributed by atoms with E-state index in [4.69, 9.17) is 23.2 Å². The average molecular weight is 250 g/mol. The monoisotopic (exact) mass is 249 g/mol. The van der Waals surface area contributed by atoms with E-state index < -0.39 is 0 Å². The fourth-order valence-electron chi connectivity index (χ4n) is 1.98. The number of rotatable bonds is 3. The van der Waals surface area contributed by atoms with E-state index in [1.54, 1.807) is 0 Å². The van der Waals surface area contributed by atoms with Gasteiger partial charge in [-0.3, -0.25) is 0 Å². The molecule has 1 aromatic heterocycles. The normalized spacial score (nSPS) is 19.4. The summed E-state index contributed by atoms with van der Waals surface area (Å²) in [5, 5.41) is 3.34. The van der Waals surface area contributed by atoms with E-state index >= 15 is 0 Å². The zero-order valence-corrected chi connectivity index (χ0v) is 10.3. The van der Waals surface area contributed by atoms with Crippen LogP contribution in [0.25, 0.3) is 0 Å². The molecule has 0 aliphatic heterocycles. The Morgan fingerprint density at radius 1 is 1.50 bits per heavy atom. The maximum absolute atomic E-state index is 6.14. The Morgan fingerprint density at radius 2 is 2.21 bits per heavy atom. The molecule has 78 valence electrons. The summed E-state index contributed by atoms with van der Waals surface area (Å²) in [5.74, 6) is 0.739. The number of hydrogen-bond donors (Lipinski definition) is 1. The van der Waals surface area contributed by atoms with Gasteiger partial charge in [0, 0.05) is 11.6 Å². The van der Waals surface area contributed by atoms with Crippen molar-refractivity contribution >= 4 is 34.5 Å². The van der Waals surface area contributed by atoms with Crippen LogP contribution < -0.4 is 5.32 Å². The van der Waals surface area contributed by atoms with Crippen molar-refractivity contribution in [3.8, 4) is 0 Å². The summed E-state index contributed by atoms with van der Waals surface area (Å²) in [6.07, 6.45) is 3.95. The third-order valence-corrected chi connectivity index (χ3v) is 4.47. The molecular formula is C10H13Cl2NS. The largest absolute Gasteiger partial charge is 0.313 e. The Bertz CT molecular complexity index is 320. The van der Waals surface area contributed by atoms with Crippen LogP contribution >= 0.6 is 34.5 Å². The highest BCUT2D eigenvalue weighted by atomic mass is 35.5. The fourth-order valence-corrected chi connectivity index (χ4v) is 3.53. The first-order chi connectivity index (χ1) is 6.72. The molecule has 0 saturated heterocycles. The summed E-state index contributed by atoms with van der Waals surface area (Å²) in [6.45, 7) is 0. The molecule has 1 N–H and O–H groups in total. The van der Waals surface area contributed by atoms with E-state index in [1.807, 2.05) is 13.1 Å². The molecule has 1 unspecified atom stereocenters. The Hall–Kier alpha value is 0.240. The molecule has 1 fully saturated rings. The number of halogens is 2. The Balaban J connectivity index is 2.21. The van der Waals surface area contributed by atoms with E-state index in [2.05, 4.69) is 5.32 Å². The van der Waals surface area contributed by atoms with Gasteiger partial charge in [0.15, 0.2) is 0 Å². The lowest BCUT2D eigenvalue weighted by Gasteiger charge is -2.33. The van der Waals surface area contributed by atoms with Gasteiger partial charge in [0.2, 0.25) is 0 Å². The predicted molar refractivity (Wildman–Crippen MR) is 63.5 cm³/mol. The van der Waals surface area contributed by atoms with Crippen LogP contribution in [-0.4, -0.2) is 7.05 Å². The number of nitrogens with one attached hydrogen (secondary N) is 1. The lowest BCUT2D eigenvalue weighted by molar-refractivity contribution is 0.240. The predicted octanol–water partition coefficient (Wildman–Crippen LogP) is 4.12. The van der Waals surface area contributed by atoms with Gasteiger partial charge < -0.3 is 5.32 Å². The van der Waals surface area contributed by atoms with Crippen LogP contribution in [-0.2, 0) is 0 Å². The molecule has 0 aromatic carbocycles. The van der Waals surface area contributed by atoms with Crippen LogP contribution in [0.2, 0.25) is 8.67 Å². The first-order valence-electron chi connectivity index (χ1n) is 4.84. The van der Waals surface area contributed by atoms with E-state index in [1.165, 1.54) is 36.2 Å². The molecule has 1 atom stereocenters. The molecule has 0 bridgehead atoms. The van der Waals surface area contributed by atoms with Crippen LogP contribution in [0.3, 0.4) is 0 Å². The van der Waals surface area contributed by atoms with Crippen molar-refractivity contribution in [1.29, 1.82) is 0 Å². The molecule has 1 aliphatic carbocycles. The lowest BCUT2D eigenvalue weighted by Crippen LogP contribution is -2.29. The molecule has 4 heteroatoms. The van der Waals surface area contributed by atoms with Crippen LogP contribution in [0.4, 0.5) is 0 Å². The second-order valence-corrected chi connectivity index (χ2v) is 6.02. The minimum Gasteiger partial charge on any atom is -0.313 e. The van der Waals surface area contributed by atoms with Gasteiger partial charge in [0.05, 0.1) is 8.67 Å². The van der Waals surface area contributed by atoms with Crippen molar-refractivity contribution < 1.29 is 0 Å². The molecule has 1 saturated carbocycles. The van der Waals surface area contributed by atoms with Gasteiger partial charge in [-0.2, -0.15) is 0 Å². The molecule has 1 aromatic rings. The first kappa shape index (κ1) is 10.7. The van der Waals surface area contributed by atoms with Gasteiger partial charge in [-0.05, 0) is 31.9 Å². The maximum Gasteiger partial charge on any atom is 0.0992 e. The first-order valence-corrected chi connectivity index (χ1v) is 6.41. The van der Waals surface area contributed by atoms with Crippen molar-refractivity contribution in [3.63, 3.8) is 0 Å². The Kier molecular flexibility index (Phi) is 3.38. The summed E-state index contributed by atoms with van der Waals surface area (Å²) in [4.78, 5) is 0. The summed E-state index contributed by atoms with van der Waals surface area (Å²) in [5.41, 5.74) is 1.17. The quantitative estimate of drug-likeness (QED) is 0.851. The number of hydrogen-bond acceptors (Lipinski definition) is 2. The standard InChI is InChI=1S/C10H13Cl2NS/c1-13-9(6-3-2-4-6)7-5-8(11)14-10(7)12/h5-6,9,13H,2-4H2,1H3. The van der Waals surface area contributed by atoms with Gasteiger partial charge in [0.1, 0.15) is 0 Å². The molecule has 1 nitrogen and oxygen atoms in total. The van der Waals surface area contributed by atoms with Crippen LogP contribution in [0.5, 0.6) is 0 Å². The molecule has 1 heterocycles. The molecule has 14 heavy (non-hydrogen) atoms. The van der Waals surface area contributed by atoms with Gasteiger partial charge in [0.25, 0.3) is 0 Å². The van der Waals surface area contributed by atoms with Crippen molar-refractivity contribution in [1.82, 2.24) is 5.32 Å². The summed E-state index contributed by atoms with van der Waals surface area (Å²) >= 11 is 13.5. The minimum absolute atomic E-state index is 0.389. The fraction of sp³-hybridized carbons (Fsp3) is 0.600.